The minimum atomic E-state index is -1.25. The Kier molecular flexibility index (Phi) is 8.60. The van der Waals surface area contributed by atoms with E-state index in [1.165, 1.54) is 25.7 Å². The minimum Gasteiger partial charge on any atom is -0.544 e. The highest BCUT2D eigenvalue weighted by Gasteiger charge is 2.04. The molecule has 0 fully saturated rings. The van der Waals surface area contributed by atoms with Crippen molar-refractivity contribution in [3.8, 4) is 0 Å². The van der Waals surface area contributed by atoms with Gasteiger partial charge in [-0.15, -0.1) is 11.3 Å². The van der Waals surface area contributed by atoms with Crippen LogP contribution in [0.2, 0.25) is 9.36 Å². The average Bonchev–Trinajstić information content (AvgIpc) is 2.63. The largest absolute Gasteiger partial charge is 0.544 e. The molecule has 0 radical (unpaired) electrons. The van der Waals surface area contributed by atoms with Gasteiger partial charge in [0.1, 0.15) is 4.34 Å². The van der Waals surface area contributed by atoms with Crippen molar-refractivity contribution in [2.45, 2.75) is 20.8 Å². The number of rotatable bonds is 4. The van der Waals surface area contributed by atoms with Crippen LogP contribution in [0.1, 0.15) is 30.4 Å². The molecule has 3 nitrogen and oxygen atoms in total. The number of halogens is 2. The summed E-state index contributed by atoms with van der Waals surface area (Å²) in [5.41, 5.74) is 0. The quantitative estimate of drug-likeness (QED) is 0.912. The number of aromatic carboxylic acids is 1. The first-order chi connectivity index (χ1) is 7.96. The lowest BCUT2D eigenvalue weighted by Crippen LogP contribution is -3.11. The van der Waals surface area contributed by atoms with E-state index in [1.807, 2.05) is 0 Å². The minimum absolute atomic E-state index is 0.0509. The molecule has 98 valence electrons. The second-order valence-electron chi connectivity index (χ2n) is 3.33. The zero-order valence-corrected chi connectivity index (χ0v) is 12.5. The Morgan fingerprint density at radius 2 is 1.76 bits per heavy atom. The Bertz CT molecular complexity index is 326. The summed E-state index contributed by atoms with van der Waals surface area (Å²) in [5.74, 6) is -1.25. The first-order valence-electron chi connectivity index (χ1n) is 5.45. The van der Waals surface area contributed by atoms with Crippen molar-refractivity contribution in [2.75, 3.05) is 19.6 Å². The van der Waals surface area contributed by atoms with Crippen LogP contribution in [0.15, 0.2) is 6.07 Å². The summed E-state index contributed by atoms with van der Waals surface area (Å²) in [6, 6.07) is 1.27. The standard InChI is InChI=1S/C6H15N.C5H2Cl2O2S/c1-4-7(5-2)6-3;6-2-1-3(5(8)9)10-4(2)7/h4-6H2,1-3H3;1H,(H,8,9). The van der Waals surface area contributed by atoms with Crippen molar-refractivity contribution in [2.24, 2.45) is 0 Å². The first-order valence-corrected chi connectivity index (χ1v) is 7.03. The number of hydrogen-bond donors (Lipinski definition) is 1. The van der Waals surface area contributed by atoms with E-state index in [-0.39, 0.29) is 14.2 Å². The number of hydrogen-bond acceptors (Lipinski definition) is 3. The maximum absolute atomic E-state index is 10.1. The topological polar surface area (TPSA) is 44.6 Å². The van der Waals surface area contributed by atoms with Gasteiger partial charge in [-0.2, -0.15) is 0 Å². The van der Waals surface area contributed by atoms with Gasteiger partial charge in [0.05, 0.1) is 35.5 Å². The van der Waals surface area contributed by atoms with Crippen molar-refractivity contribution in [1.29, 1.82) is 0 Å². The van der Waals surface area contributed by atoms with Crippen LogP contribution in [0.3, 0.4) is 0 Å². The van der Waals surface area contributed by atoms with E-state index in [0.29, 0.717) is 0 Å². The molecule has 1 aromatic heterocycles. The summed E-state index contributed by atoms with van der Waals surface area (Å²) in [6.07, 6.45) is 0. The van der Waals surface area contributed by atoms with E-state index in [2.05, 4.69) is 20.8 Å². The Hall–Kier alpha value is -0.290. The van der Waals surface area contributed by atoms with E-state index in [4.69, 9.17) is 23.2 Å². The predicted molar refractivity (Wildman–Crippen MR) is 71.3 cm³/mol. The number of nitrogens with one attached hydrogen (secondary N) is 1. The highest BCUT2D eigenvalue weighted by Crippen LogP contribution is 2.30. The molecule has 17 heavy (non-hydrogen) atoms. The smallest absolute Gasteiger partial charge is 0.112 e. The molecule has 0 aliphatic carbocycles. The van der Waals surface area contributed by atoms with Crippen LogP contribution < -0.4 is 10.0 Å². The molecule has 0 saturated carbocycles. The van der Waals surface area contributed by atoms with Gasteiger partial charge >= 0.3 is 0 Å². The normalized spacial score (nSPS) is 10.0. The molecular weight excluding hydrogens is 281 g/mol. The molecule has 0 aliphatic rings. The van der Waals surface area contributed by atoms with Gasteiger partial charge in [-0.25, -0.2) is 0 Å². The number of thiophene rings is 1. The van der Waals surface area contributed by atoms with Crippen molar-refractivity contribution in [3.05, 3.63) is 20.3 Å². The molecule has 1 aromatic rings. The van der Waals surface area contributed by atoms with Crippen molar-refractivity contribution in [3.63, 3.8) is 0 Å². The number of carbonyl (C=O) groups is 1. The van der Waals surface area contributed by atoms with E-state index < -0.39 is 5.97 Å². The Labute approximate surface area is 116 Å². The first kappa shape index (κ1) is 16.7. The van der Waals surface area contributed by atoms with Crippen LogP contribution in [0.25, 0.3) is 0 Å². The van der Waals surface area contributed by atoms with Crippen LogP contribution in [0.5, 0.6) is 0 Å². The molecule has 1 heterocycles. The number of carboxylic acid groups (broad SMARTS) is 1. The predicted octanol–water partition coefficient (Wildman–Crippen LogP) is 1.35. The van der Waals surface area contributed by atoms with Crippen LogP contribution in [0, 0.1) is 0 Å². The Morgan fingerprint density at radius 3 is 1.88 bits per heavy atom. The summed E-state index contributed by atoms with van der Waals surface area (Å²) in [5, 5.41) is 10.4. The van der Waals surface area contributed by atoms with Gasteiger partial charge in [-0.1, -0.05) is 23.2 Å². The van der Waals surface area contributed by atoms with Gasteiger partial charge < -0.3 is 14.8 Å². The van der Waals surface area contributed by atoms with Crippen molar-refractivity contribution in [1.82, 2.24) is 0 Å². The number of carboxylic acids is 1. The summed E-state index contributed by atoms with van der Waals surface area (Å²) in [6.45, 7) is 10.5. The molecule has 0 aliphatic heterocycles. The van der Waals surface area contributed by atoms with Gasteiger partial charge in [0, 0.05) is 0 Å². The fraction of sp³-hybridized carbons (Fsp3) is 0.545. The number of carbonyl (C=O) groups excluding carboxylic acids is 1. The second-order valence-corrected chi connectivity index (χ2v) is 5.39. The SMILES string of the molecule is CC[NH+](CC)CC.O=C([O-])c1cc(Cl)c(Cl)s1. The molecule has 0 aromatic carbocycles. The zero-order chi connectivity index (χ0) is 13.4. The Balaban J connectivity index is 0.000000325. The second kappa shape index (κ2) is 8.75. The molecule has 1 rings (SSSR count). The van der Waals surface area contributed by atoms with Crippen LogP contribution in [-0.2, 0) is 0 Å². The van der Waals surface area contributed by atoms with E-state index in [9.17, 15) is 9.90 Å². The average molecular weight is 298 g/mol. The van der Waals surface area contributed by atoms with E-state index >= 15 is 0 Å². The van der Waals surface area contributed by atoms with Gasteiger partial charge in [-0.3, -0.25) is 0 Å². The maximum atomic E-state index is 10.1. The lowest BCUT2D eigenvalue weighted by Gasteiger charge is -2.10. The zero-order valence-electron chi connectivity index (χ0n) is 10.2. The van der Waals surface area contributed by atoms with Gasteiger partial charge in [0.2, 0.25) is 0 Å². The molecule has 0 spiro atoms. The van der Waals surface area contributed by atoms with Crippen LogP contribution in [0.4, 0.5) is 0 Å². The molecule has 0 bridgehead atoms. The Morgan fingerprint density at radius 1 is 1.29 bits per heavy atom. The fourth-order valence-corrected chi connectivity index (χ4v) is 2.40. The number of quaternary nitrogens is 1. The summed E-state index contributed by atoms with van der Waals surface area (Å²) in [7, 11) is 0. The molecule has 0 amide bonds. The van der Waals surface area contributed by atoms with E-state index in [1.54, 1.807) is 4.90 Å². The van der Waals surface area contributed by atoms with Crippen molar-refractivity contribution >= 4 is 40.5 Å². The third-order valence-electron chi connectivity index (χ3n) is 2.35. The summed E-state index contributed by atoms with van der Waals surface area (Å²) in [4.78, 5) is 11.9. The molecule has 0 unspecified atom stereocenters. The van der Waals surface area contributed by atoms with Crippen LogP contribution >= 0.6 is 34.5 Å². The molecule has 0 saturated heterocycles. The molecule has 6 heteroatoms. The highest BCUT2D eigenvalue weighted by molar-refractivity contribution is 7.18. The molecular formula is C11H17Cl2NO2S. The summed E-state index contributed by atoms with van der Waals surface area (Å²) >= 11 is 11.8. The van der Waals surface area contributed by atoms with Gasteiger partial charge in [-0.05, 0) is 26.8 Å². The summed E-state index contributed by atoms with van der Waals surface area (Å²) < 4.78 is 0.279. The monoisotopic (exact) mass is 297 g/mol. The fourth-order valence-electron chi connectivity index (χ4n) is 1.20. The van der Waals surface area contributed by atoms with E-state index in [0.717, 1.165) is 11.3 Å². The molecule has 1 N–H and O–H groups in total. The molecule has 0 atom stereocenters. The lowest BCUT2D eigenvalue weighted by atomic mass is 10.5. The lowest BCUT2D eigenvalue weighted by molar-refractivity contribution is -0.894. The van der Waals surface area contributed by atoms with Gasteiger partial charge in [0.25, 0.3) is 0 Å². The van der Waals surface area contributed by atoms with Crippen LogP contribution in [-0.4, -0.2) is 25.6 Å². The third kappa shape index (κ3) is 6.27. The third-order valence-corrected chi connectivity index (χ3v) is 4.19. The highest BCUT2D eigenvalue weighted by atomic mass is 35.5. The maximum Gasteiger partial charge on any atom is 0.112 e. The van der Waals surface area contributed by atoms with Gasteiger partial charge in [0.15, 0.2) is 0 Å². The van der Waals surface area contributed by atoms with Crippen molar-refractivity contribution < 1.29 is 14.8 Å².